The minimum absolute atomic E-state index is 0.231. The molecule has 0 saturated carbocycles. The molecule has 0 aromatic heterocycles. The van der Waals surface area contributed by atoms with Crippen molar-refractivity contribution < 1.29 is 4.79 Å². The van der Waals surface area contributed by atoms with Gasteiger partial charge in [0.15, 0.2) is 0 Å². The number of carbonyl (C=O) groups is 1. The second-order valence-electron chi connectivity index (χ2n) is 4.41. The molecule has 0 aliphatic carbocycles. The summed E-state index contributed by atoms with van der Waals surface area (Å²) in [6.45, 7) is 1.81. The third-order valence-electron chi connectivity index (χ3n) is 3.00. The van der Waals surface area contributed by atoms with Crippen LogP contribution in [0.25, 0.3) is 0 Å². The van der Waals surface area contributed by atoms with Gasteiger partial charge in [-0.1, -0.05) is 41.4 Å². The maximum Gasteiger partial charge on any atom is 0.225 e. The maximum absolute atomic E-state index is 12.3. The van der Waals surface area contributed by atoms with E-state index in [1.165, 1.54) is 0 Å². The number of Topliss-reactive ketones (excluding diaryl/α,β-unsaturated/α-hetero) is 1. The van der Waals surface area contributed by atoms with Gasteiger partial charge >= 0.3 is 0 Å². The lowest BCUT2D eigenvalue weighted by molar-refractivity contribution is 0.106. The Morgan fingerprint density at radius 2 is 1.82 bits per heavy atom. The summed E-state index contributed by atoms with van der Waals surface area (Å²) in [6.07, 6.45) is 0. The molecule has 0 aliphatic heterocycles. The minimum atomic E-state index is -0.541. The number of benzene rings is 2. The Labute approximate surface area is 138 Å². The van der Waals surface area contributed by atoms with Crippen LogP contribution in [-0.4, -0.2) is 11.5 Å². The SMILES string of the molecule is Cc1c(Cl)cccc1NN=C(C#N)C(=O)c1ccccc1Cl. The van der Waals surface area contributed by atoms with E-state index in [4.69, 9.17) is 28.5 Å². The summed E-state index contributed by atoms with van der Waals surface area (Å²) in [4.78, 5) is 12.3. The zero-order valence-corrected chi connectivity index (χ0v) is 13.1. The Morgan fingerprint density at radius 3 is 2.50 bits per heavy atom. The van der Waals surface area contributed by atoms with Crippen LogP contribution < -0.4 is 5.43 Å². The van der Waals surface area contributed by atoms with Crippen molar-refractivity contribution in [2.75, 3.05) is 5.43 Å². The summed E-state index contributed by atoms with van der Waals surface area (Å²) in [7, 11) is 0. The molecule has 0 unspecified atom stereocenters. The monoisotopic (exact) mass is 331 g/mol. The van der Waals surface area contributed by atoms with Gasteiger partial charge in [0.05, 0.1) is 10.7 Å². The third-order valence-corrected chi connectivity index (χ3v) is 3.73. The summed E-state index contributed by atoms with van der Waals surface area (Å²) < 4.78 is 0. The van der Waals surface area contributed by atoms with E-state index in [0.717, 1.165) is 5.56 Å². The number of halogens is 2. The number of nitrogens with zero attached hydrogens (tertiary/aromatic N) is 2. The van der Waals surface area contributed by atoms with Crippen LogP contribution in [0.4, 0.5) is 5.69 Å². The smallest absolute Gasteiger partial charge is 0.225 e. The Kier molecular flexibility index (Phi) is 5.16. The van der Waals surface area contributed by atoms with Crippen LogP contribution >= 0.6 is 23.2 Å². The fraction of sp³-hybridized carbons (Fsp3) is 0.0625. The number of nitriles is 1. The molecule has 0 heterocycles. The average molecular weight is 332 g/mol. The van der Waals surface area contributed by atoms with E-state index in [1.54, 1.807) is 48.5 Å². The number of anilines is 1. The van der Waals surface area contributed by atoms with Crippen molar-refractivity contribution in [2.24, 2.45) is 5.10 Å². The zero-order chi connectivity index (χ0) is 16.1. The highest BCUT2D eigenvalue weighted by molar-refractivity contribution is 6.53. The number of hydrogen-bond acceptors (Lipinski definition) is 4. The molecule has 0 radical (unpaired) electrons. The molecule has 2 aromatic rings. The zero-order valence-electron chi connectivity index (χ0n) is 11.6. The molecule has 110 valence electrons. The number of hydrazone groups is 1. The number of carbonyl (C=O) groups excluding carboxylic acids is 1. The molecule has 22 heavy (non-hydrogen) atoms. The highest BCUT2D eigenvalue weighted by Crippen LogP contribution is 2.23. The first kappa shape index (κ1) is 16.0. The molecule has 0 spiro atoms. The normalized spacial score (nSPS) is 10.9. The summed E-state index contributed by atoms with van der Waals surface area (Å²) in [6, 6.07) is 13.5. The van der Waals surface area contributed by atoms with Crippen molar-refractivity contribution in [1.82, 2.24) is 0 Å². The van der Waals surface area contributed by atoms with Gasteiger partial charge < -0.3 is 0 Å². The number of ketones is 1. The van der Waals surface area contributed by atoms with Gasteiger partial charge in [-0.15, -0.1) is 0 Å². The molecule has 2 aromatic carbocycles. The molecule has 0 saturated heterocycles. The predicted molar refractivity (Wildman–Crippen MR) is 88.6 cm³/mol. The topological polar surface area (TPSA) is 65.2 Å². The first-order valence-electron chi connectivity index (χ1n) is 6.32. The van der Waals surface area contributed by atoms with Crippen LogP contribution in [0.2, 0.25) is 10.0 Å². The van der Waals surface area contributed by atoms with Crippen molar-refractivity contribution in [1.29, 1.82) is 5.26 Å². The molecular weight excluding hydrogens is 321 g/mol. The van der Waals surface area contributed by atoms with Crippen LogP contribution in [0.3, 0.4) is 0 Å². The molecule has 2 rings (SSSR count). The predicted octanol–water partition coefficient (Wildman–Crippen LogP) is 4.48. The van der Waals surface area contributed by atoms with Crippen molar-refractivity contribution in [3.8, 4) is 6.07 Å². The molecule has 0 aliphatic rings. The van der Waals surface area contributed by atoms with Gasteiger partial charge in [-0.2, -0.15) is 10.4 Å². The van der Waals surface area contributed by atoms with Gasteiger partial charge in [0.2, 0.25) is 11.5 Å². The molecule has 4 nitrogen and oxygen atoms in total. The molecule has 0 atom stereocenters. The quantitative estimate of drug-likeness (QED) is 0.510. The first-order valence-corrected chi connectivity index (χ1v) is 7.08. The summed E-state index contributed by atoms with van der Waals surface area (Å²) >= 11 is 12.0. The fourth-order valence-corrected chi connectivity index (χ4v) is 2.14. The van der Waals surface area contributed by atoms with Crippen LogP contribution in [-0.2, 0) is 0 Å². The average Bonchev–Trinajstić information content (AvgIpc) is 2.52. The van der Waals surface area contributed by atoms with E-state index in [9.17, 15) is 4.79 Å². The highest BCUT2D eigenvalue weighted by Gasteiger charge is 2.16. The van der Waals surface area contributed by atoms with Crippen LogP contribution in [0.1, 0.15) is 15.9 Å². The van der Waals surface area contributed by atoms with Crippen LogP contribution in [0, 0.1) is 18.3 Å². The second-order valence-corrected chi connectivity index (χ2v) is 5.22. The van der Waals surface area contributed by atoms with E-state index < -0.39 is 5.78 Å². The van der Waals surface area contributed by atoms with Gasteiger partial charge in [-0.25, -0.2) is 0 Å². The molecular formula is C16H11Cl2N3O. The summed E-state index contributed by atoms with van der Waals surface area (Å²) in [5.41, 5.74) is 4.03. The largest absolute Gasteiger partial charge is 0.286 e. The van der Waals surface area contributed by atoms with Gasteiger partial charge in [0.25, 0.3) is 0 Å². The van der Waals surface area contributed by atoms with E-state index in [-0.39, 0.29) is 16.3 Å². The van der Waals surface area contributed by atoms with Crippen molar-refractivity contribution in [2.45, 2.75) is 6.92 Å². The standard InChI is InChI=1S/C16H11Cl2N3O/c1-10-12(17)7-4-8-14(10)20-21-15(9-19)16(22)11-5-2-3-6-13(11)18/h2-8,20H,1H3. The lowest BCUT2D eigenvalue weighted by Crippen LogP contribution is -2.14. The van der Waals surface area contributed by atoms with Crippen molar-refractivity contribution in [3.63, 3.8) is 0 Å². The Morgan fingerprint density at radius 1 is 1.14 bits per heavy atom. The lowest BCUT2D eigenvalue weighted by Gasteiger charge is -2.07. The third kappa shape index (κ3) is 3.45. The second kappa shape index (κ2) is 7.08. The van der Waals surface area contributed by atoms with E-state index in [2.05, 4.69) is 10.5 Å². The van der Waals surface area contributed by atoms with E-state index in [1.807, 2.05) is 6.92 Å². The van der Waals surface area contributed by atoms with Gasteiger partial charge in [0.1, 0.15) is 6.07 Å². The summed E-state index contributed by atoms with van der Waals surface area (Å²) in [5, 5.41) is 13.8. The van der Waals surface area contributed by atoms with Crippen LogP contribution in [0.15, 0.2) is 47.6 Å². The molecule has 1 N–H and O–H groups in total. The maximum atomic E-state index is 12.3. The van der Waals surface area contributed by atoms with Gasteiger partial charge in [-0.3, -0.25) is 10.2 Å². The van der Waals surface area contributed by atoms with Gasteiger partial charge in [-0.05, 0) is 36.8 Å². The number of nitrogens with one attached hydrogen (secondary N) is 1. The van der Waals surface area contributed by atoms with Crippen LogP contribution in [0.5, 0.6) is 0 Å². The van der Waals surface area contributed by atoms with Gasteiger partial charge in [0, 0.05) is 10.6 Å². The lowest BCUT2D eigenvalue weighted by atomic mass is 10.1. The van der Waals surface area contributed by atoms with E-state index in [0.29, 0.717) is 10.7 Å². The number of hydrogen-bond donors (Lipinski definition) is 1. The highest BCUT2D eigenvalue weighted by atomic mass is 35.5. The van der Waals surface area contributed by atoms with E-state index >= 15 is 0 Å². The fourth-order valence-electron chi connectivity index (χ4n) is 1.74. The number of rotatable bonds is 4. The van der Waals surface area contributed by atoms with Crippen molar-refractivity contribution in [3.05, 3.63) is 63.6 Å². The molecule has 0 fully saturated rings. The van der Waals surface area contributed by atoms with Crippen molar-refractivity contribution >= 4 is 40.4 Å². The molecule has 6 heteroatoms. The minimum Gasteiger partial charge on any atom is -0.286 e. The Bertz CT molecular complexity index is 794. The molecule has 0 amide bonds. The summed E-state index contributed by atoms with van der Waals surface area (Å²) in [5.74, 6) is -0.541. The first-order chi connectivity index (χ1) is 10.5. The molecule has 0 bridgehead atoms. The Balaban J connectivity index is 2.29. The Hall–Kier alpha value is -2.35.